The number of halogens is 1. The first-order valence-corrected chi connectivity index (χ1v) is 8.37. The van der Waals surface area contributed by atoms with Gasteiger partial charge in [0, 0.05) is 19.0 Å². The van der Waals surface area contributed by atoms with Crippen molar-refractivity contribution >= 4 is 23.4 Å². The van der Waals surface area contributed by atoms with Crippen LogP contribution in [0.1, 0.15) is 35.8 Å². The highest BCUT2D eigenvalue weighted by molar-refractivity contribution is 6.32. The second-order valence-electron chi connectivity index (χ2n) is 5.73. The number of hydrogen-bond donors (Lipinski definition) is 2. The Morgan fingerprint density at radius 2 is 2.25 bits per heavy atom. The molecule has 1 saturated heterocycles. The quantitative estimate of drug-likeness (QED) is 0.890. The van der Waals surface area contributed by atoms with E-state index in [9.17, 15) is 9.59 Å². The molecule has 2 heterocycles. The molecule has 2 N–H and O–H groups in total. The van der Waals surface area contributed by atoms with Gasteiger partial charge in [0.15, 0.2) is 0 Å². The molecule has 3 rings (SSSR count). The monoisotopic (exact) mass is 346 g/mol. The molecule has 0 bridgehead atoms. The van der Waals surface area contributed by atoms with Crippen molar-refractivity contribution in [2.45, 2.75) is 32.2 Å². The predicted molar refractivity (Wildman–Crippen MR) is 91.4 cm³/mol. The molecule has 126 valence electrons. The molecule has 0 radical (unpaired) electrons. The van der Waals surface area contributed by atoms with Crippen molar-refractivity contribution in [1.29, 1.82) is 0 Å². The van der Waals surface area contributed by atoms with Gasteiger partial charge in [0.05, 0.1) is 28.2 Å². The Labute approximate surface area is 145 Å². The average molecular weight is 347 g/mol. The number of nitrogens with zero attached hydrogens (tertiary/aromatic N) is 2. The number of aromatic nitrogens is 2. The molecule has 2 amide bonds. The summed E-state index contributed by atoms with van der Waals surface area (Å²) in [4.78, 5) is 23.8. The van der Waals surface area contributed by atoms with Crippen LogP contribution in [0, 0.1) is 0 Å². The van der Waals surface area contributed by atoms with E-state index in [1.807, 2.05) is 25.1 Å². The Kier molecular flexibility index (Phi) is 4.85. The Morgan fingerprint density at radius 1 is 1.46 bits per heavy atom. The first-order chi connectivity index (χ1) is 11.6. The zero-order chi connectivity index (χ0) is 17.1. The third-order valence-electron chi connectivity index (χ3n) is 4.13. The Hall–Kier alpha value is -2.34. The molecule has 1 aromatic heterocycles. The molecule has 7 heteroatoms. The number of rotatable bonds is 4. The lowest BCUT2D eigenvalue weighted by Crippen LogP contribution is -2.47. The van der Waals surface area contributed by atoms with Gasteiger partial charge in [0.2, 0.25) is 5.91 Å². The average Bonchev–Trinajstić information content (AvgIpc) is 3.01. The molecule has 2 aromatic rings. The molecule has 1 aromatic carbocycles. The van der Waals surface area contributed by atoms with Gasteiger partial charge in [0.25, 0.3) is 5.91 Å². The maximum Gasteiger partial charge on any atom is 0.255 e. The lowest BCUT2D eigenvalue weighted by molar-refractivity contribution is -0.122. The van der Waals surface area contributed by atoms with E-state index in [4.69, 9.17) is 11.6 Å². The van der Waals surface area contributed by atoms with Crippen molar-refractivity contribution in [3.63, 3.8) is 0 Å². The van der Waals surface area contributed by atoms with Crippen LogP contribution in [0.4, 0.5) is 0 Å². The van der Waals surface area contributed by atoms with E-state index in [1.165, 1.54) is 0 Å². The van der Waals surface area contributed by atoms with E-state index < -0.39 is 0 Å². The highest BCUT2D eigenvalue weighted by atomic mass is 35.5. The van der Waals surface area contributed by atoms with Gasteiger partial charge >= 0.3 is 0 Å². The minimum Gasteiger partial charge on any atom is -0.354 e. The van der Waals surface area contributed by atoms with Crippen LogP contribution in [0.3, 0.4) is 0 Å². The van der Waals surface area contributed by atoms with Crippen LogP contribution >= 0.6 is 11.6 Å². The van der Waals surface area contributed by atoms with Gasteiger partial charge in [-0.2, -0.15) is 5.10 Å². The molecule has 24 heavy (non-hydrogen) atoms. The lowest BCUT2D eigenvalue weighted by atomic mass is 10.1. The van der Waals surface area contributed by atoms with Crippen LogP contribution in [-0.4, -0.2) is 34.2 Å². The van der Waals surface area contributed by atoms with Gasteiger partial charge in [-0.25, -0.2) is 4.68 Å². The minimum absolute atomic E-state index is 0.0290. The third-order valence-corrected chi connectivity index (χ3v) is 4.45. The van der Waals surface area contributed by atoms with Crippen LogP contribution in [0.15, 0.2) is 30.5 Å². The second-order valence-corrected chi connectivity index (χ2v) is 6.14. The summed E-state index contributed by atoms with van der Waals surface area (Å²) >= 11 is 6.24. The molecule has 0 spiro atoms. The third kappa shape index (κ3) is 3.28. The Balaban J connectivity index is 1.83. The zero-order valence-electron chi connectivity index (χ0n) is 13.4. The summed E-state index contributed by atoms with van der Waals surface area (Å²) in [5, 5.41) is 10.7. The molecule has 0 unspecified atom stereocenters. The van der Waals surface area contributed by atoms with E-state index in [1.54, 1.807) is 16.9 Å². The minimum atomic E-state index is -0.175. The fourth-order valence-electron chi connectivity index (χ4n) is 2.85. The van der Waals surface area contributed by atoms with Crippen molar-refractivity contribution in [3.8, 4) is 5.69 Å². The maximum absolute atomic E-state index is 12.6. The van der Waals surface area contributed by atoms with Gasteiger partial charge in [-0.3, -0.25) is 9.59 Å². The number of para-hydroxylation sites is 1. The number of carbonyl (C=O) groups excluding carboxylic acids is 2. The van der Waals surface area contributed by atoms with E-state index >= 15 is 0 Å². The number of benzene rings is 1. The zero-order valence-corrected chi connectivity index (χ0v) is 14.1. The number of piperidine rings is 1. The largest absolute Gasteiger partial charge is 0.354 e. The van der Waals surface area contributed by atoms with E-state index in [0.717, 1.165) is 11.4 Å². The first kappa shape index (κ1) is 16.5. The summed E-state index contributed by atoms with van der Waals surface area (Å²) in [6.45, 7) is 2.44. The molecule has 1 aliphatic rings. The maximum atomic E-state index is 12.6. The van der Waals surface area contributed by atoms with Crippen LogP contribution in [-0.2, 0) is 11.2 Å². The summed E-state index contributed by atoms with van der Waals surface area (Å²) in [5.74, 6) is -0.146. The van der Waals surface area contributed by atoms with Crippen LogP contribution in [0.5, 0.6) is 0 Å². The fraction of sp³-hybridized carbons (Fsp3) is 0.353. The second kappa shape index (κ2) is 7.05. The number of amides is 2. The summed E-state index contributed by atoms with van der Waals surface area (Å²) in [7, 11) is 0. The van der Waals surface area contributed by atoms with E-state index in [0.29, 0.717) is 36.4 Å². The van der Waals surface area contributed by atoms with Crippen molar-refractivity contribution in [3.05, 3.63) is 46.7 Å². The number of carbonyl (C=O) groups is 2. The van der Waals surface area contributed by atoms with E-state index in [-0.39, 0.29) is 17.9 Å². The molecular weight excluding hydrogens is 328 g/mol. The van der Waals surface area contributed by atoms with Gasteiger partial charge in [-0.15, -0.1) is 0 Å². The summed E-state index contributed by atoms with van der Waals surface area (Å²) in [5.41, 5.74) is 2.09. The highest BCUT2D eigenvalue weighted by Gasteiger charge is 2.23. The lowest BCUT2D eigenvalue weighted by Gasteiger charge is -2.23. The smallest absolute Gasteiger partial charge is 0.255 e. The SMILES string of the molecule is CCc1c(C(=O)N[C@@H]2CCC(=O)NC2)cnn1-c1ccccc1Cl. The Morgan fingerprint density at radius 3 is 2.92 bits per heavy atom. The summed E-state index contributed by atoms with van der Waals surface area (Å²) < 4.78 is 1.71. The molecule has 0 aliphatic carbocycles. The standard InChI is InChI=1S/C17H19ClN4O2/c1-2-14-12(17(24)21-11-7-8-16(23)19-9-11)10-20-22(14)15-6-4-3-5-13(15)18/h3-6,10-11H,2,7-9H2,1H3,(H,19,23)(H,21,24)/t11-/m1/s1. The number of hydrogen-bond acceptors (Lipinski definition) is 3. The van der Waals surface area contributed by atoms with E-state index in [2.05, 4.69) is 15.7 Å². The van der Waals surface area contributed by atoms with Gasteiger partial charge < -0.3 is 10.6 Å². The topological polar surface area (TPSA) is 76.0 Å². The highest BCUT2D eigenvalue weighted by Crippen LogP contribution is 2.23. The van der Waals surface area contributed by atoms with Crippen molar-refractivity contribution in [2.24, 2.45) is 0 Å². The number of nitrogens with one attached hydrogen (secondary N) is 2. The summed E-state index contributed by atoms with van der Waals surface area (Å²) in [6, 6.07) is 7.34. The van der Waals surface area contributed by atoms with Crippen LogP contribution in [0.25, 0.3) is 5.69 Å². The van der Waals surface area contributed by atoms with Crippen molar-refractivity contribution in [1.82, 2.24) is 20.4 Å². The molecule has 1 aliphatic heterocycles. The van der Waals surface area contributed by atoms with Crippen LogP contribution in [0.2, 0.25) is 5.02 Å². The summed E-state index contributed by atoms with van der Waals surface area (Å²) in [6.07, 6.45) is 3.30. The normalized spacial score (nSPS) is 17.4. The molecule has 1 fully saturated rings. The Bertz CT molecular complexity index is 762. The molecule has 1 atom stereocenters. The van der Waals surface area contributed by atoms with Crippen molar-refractivity contribution < 1.29 is 9.59 Å². The van der Waals surface area contributed by atoms with Gasteiger partial charge in [-0.1, -0.05) is 30.7 Å². The van der Waals surface area contributed by atoms with Gasteiger partial charge in [0.1, 0.15) is 0 Å². The molecule has 6 nitrogen and oxygen atoms in total. The predicted octanol–water partition coefficient (Wildman–Crippen LogP) is 2.10. The van der Waals surface area contributed by atoms with Gasteiger partial charge in [-0.05, 0) is 25.0 Å². The first-order valence-electron chi connectivity index (χ1n) is 7.99. The fourth-order valence-corrected chi connectivity index (χ4v) is 3.07. The molecule has 0 saturated carbocycles. The van der Waals surface area contributed by atoms with Crippen molar-refractivity contribution in [2.75, 3.05) is 6.54 Å². The molecular formula is C17H19ClN4O2. The van der Waals surface area contributed by atoms with Crippen LogP contribution < -0.4 is 10.6 Å².